The van der Waals surface area contributed by atoms with Gasteiger partial charge in [0.05, 0.1) is 13.2 Å². The van der Waals surface area contributed by atoms with Crippen molar-refractivity contribution in [2.45, 2.75) is 39.5 Å². The second kappa shape index (κ2) is 7.17. The Morgan fingerprint density at radius 2 is 1.78 bits per heavy atom. The molecule has 0 fully saturated rings. The highest BCUT2D eigenvalue weighted by Crippen LogP contribution is 2.56. The van der Waals surface area contributed by atoms with Crippen LogP contribution in [0.15, 0.2) is 12.4 Å². The minimum Gasteiger partial charge on any atom is -0.349 e. The van der Waals surface area contributed by atoms with Crippen LogP contribution < -0.4 is 0 Å². The molecule has 0 amide bonds. The van der Waals surface area contributed by atoms with Crippen LogP contribution in [0.2, 0.25) is 0 Å². The number of nitrogens with zero attached hydrogens (tertiary/aromatic N) is 2. The molecule has 0 spiro atoms. The maximum absolute atomic E-state index is 12.8. The van der Waals surface area contributed by atoms with Gasteiger partial charge in [-0.15, -0.1) is 0 Å². The molecule has 0 saturated carbocycles. The quantitative estimate of drug-likeness (QED) is 0.637. The zero-order chi connectivity index (χ0) is 13.6. The van der Waals surface area contributed by atoms with Gasteiger partial charge in [-0.3, -0.25) is 4.57 Å². The van der Waals surface area contributed by atoms with Gasteiger partial charge in [0, 0.05) is 26.0 Å². The van der Waals surface area contributed by atoms with Gasteiger partial charge >= 0.3 is 7.60 Å². The highest BCUT2D eigenvalue weighted by Gasteiger charge is 2.43. The molecule has 1 unspecified atom stereocenters. The molecule has 0 aromatic rings. The standard InChI is InChI=1S/C12H25N2O3P/c1-5-8-9-14-11-10-13(4)12(14)18(15,16-6-2)17-7-3/h10-12H,5-9H2,1-4H3. The Labute approximate surface area is 110 Å². The fourth-order valence-corrected chi connectivity index (χ4v) is 4.18. The zero-order valence-corrected chi connectivity index (χ0v) is 12.7. The number of hydrogen-bond donors (Lipinski definition) is 0. The molecule has 0 saturated heterocycles. The summed E-state index contributed by atoms with van der Waals surface area (Å²) in [5.41, 5.74) is 0. The van der Waals surface area contributed by atoms with Crippen LogP contribution in [0, 0.1) is 0 Å². The molecule has 5 nitrogen and oxygen atoms in total. The van der Waals surface area contributed by atoms with Crippen molar-refractivity contribution in [2.24, 2.45) is 0 Å². The molecule has 0 bridgehead atoms. The van der Waals surface area contributed by atoms with E-state index < -0.39 is 7.60 Å². The van der Waals surface area contributed by atoms with E-state index in [1.807, 2.05) is 38.2 Å². The highest BCUT2D eigenvalue weighted by atomic mass is 31.2. The maximum atomic E-state index is 12.8. The van der Waals surface area contributed by atoms with E-state index in [0.29, 0.717) is 13.2 Å². The molecule has 0 aromatic heterocycles. The van der Waals surface area contributed by atoms with Crippen LogP contribution in [-0.2, 0) is 13.6 Å². The summed E-state index contributed by atoms with van der Waals surface area (Å²) >= 11 is 0. The van der Waals surface area contributed by atoms with E-state index in [0.717, 1.165) is 19.4 Å². The van der Waals surface area contributed by atoms with Gasteiger partial charge in [0.2, 0.25) is 5.91 Å². The molecule has 0 aromatic carbocycles. The Bertz CT molecular complexity index is 312. The van der Waals surface area contributed by atoms with Crippen LogP contribution >= 0.6 is 7.60 Å². The lowest BCUT2D eigenvalue weighted by Gasteiger charge is -2.34. The minimum absolute atomic E-state index is 0.330. The first-order chi connectivity index (χ1) is 8.59. The summed E-state index contributed by atoms with van der Waals surface area (Å²) in [6, 6.07) is 0. The summed E-state index contributed by atoms with van der Waals surface area (Å²) in [5.74, 6) is -0.330. The molecule has 1 rings (SSSR count). The van der Waals surface area contributed by atoms with Gasteiger partial charge in [0.1, 0.15) is 0 Å². The van der Waals surface area contributed by atoms with Crippen molar-refractivity contribution in [1.29, 1.82) is 0 Å². The molecule has 1 aliphatic rings. The summed E-state index contributed by atoms with van der Waals surface area (Å²) in [4.78, 5) is 3.96. The van der Waals surface area contributed by atoms with Crippen LogP contribution in [-0.4, -0.2) is 42.5 Å². The van der Waals surface area contributed by atoms with Crippen molar-refractivity contribution >= 4 is 7.60 Å². The average molecular weight is 276 g/mol. The number of hydrogen-bond acceptors (Lipinski definition) is 5. The Morgan fingerprint density at radius 1 is 1.17 bits per heavy atom. The molecule has 0 radical (unpaired) electrons. The van der Waals surface area contributed by atoms with Crippen LogP contribution in [0.1, 0.15) is 33.6 Å². The van der Waals surface area contributed by atoms with E-state index in [1.165, 1.54) is 0 Å². The van der Waals surface area contributed by atoms with Gasteiger partial charge in [0.15, 0.2) is 0 Å². The van der Waals surface area contributed by atoms with Crippen molar-refractivity contribution in [2.75, 3.05) is 26.8 Å². The van der Waals surface area contributed by atoms with Gasteiger partial charge in [-0.25, -0.2) is 0 Å². The van der Waals surface area contributed by atoms with E-state index in [-0.39, 0.29) is 5.91 Å². The van der Waals surface area contributed by atoms with Crippen molar-refractivity contribution in [3.63, 3.8) is 0 Å². The molecule has 6 heteroatoms. The molecule has 0 aliphatic carbocycles. The van der Waals surface area contributed by atoms with Gasteiger partial charge in [-0.05, 0) is 20.3 Å². The second-order valence-corrected chi connectivity index (χ2v) is 6.33. The molecule has 0 N–H and O–H groups in total. The van der Waals surface area contributed by atoms with Crippen molar-refractivity contribution in [1.82, 2.24) is 9.80 Å². The molecule has 1 heterocycles. The SMILES string of the molecule is CCCCN1C=CN(C)C1P(=O)(OCC)OCC. The number of rotatable bonds is 8. The number of unbranched alkanes of at least 4 members (excludes halogenated alkanes) is 1. The lowest BCUT2D eigenvalue weighted by atomic mass is 10.3. The van der Waals surface area contributed by atoms with E-state index >= 15 is 0 Å². The van der Waals surface area contributed by atoms with Crippen molar-refractivity contribution < 1.29 is 13.6 Å². The first-order valence-corrected chi connectivity index (χ1v) is 8.25. The van der Waals surface area contributed by atoms with Crippen LogP contribution in [0.4, 0.5) is 0 Å². The average Bonchev–Trinajstić information content (AvgIpc) is 2.69. The highest BCUT2D eigenvalue weighted by molar-refractivity contribution is 7.54. The minimum atomic E-state index is -3.13. The Balaban J connectivity index is 2.83. The zero-order valence-electron chi connectivity index (χ0n) is 11.8. The Hall–Kier alpha value is -0.510. The Kier molecular flexibility index (Phi) is 6.19. The third-order valence-electron chi connectivity index (χ3n) is 2.82. The van der Waals surface area contributed by atoms with Crippen LogP contribution in [0.3, 0.4) is 0 Å². The van der Waals surface area contributed by atoms with Gasteiger partial charge in [-0.1, -0.05) is 13.3 Å². The molecular formula is C12H25N2O3P. The lowest BCUT2D eigenvalue weighted by molar-refractivity contribution is 0.149. The fourth-order valence-electron chi connectivity index (χ4n) is 2.04. The van der Waals surface area contributed by atoms with E-state index in [2.05, 4.69) is 11.8 Å². The van der Waals surface area contributed by atoms with Crippen molar-refractivity contribution in [3.8, 4) is 0 Å². The first-order valence-electron chi connectivity index (χ1n) is 6.63. The second-order valence-electron chi connectivity index (χ2n) is 4.28. The summed E-state index contributed by atoms with van der Waals surface area (Å²) in [6.07, 6.45) is 6.05. The van der Waals surface area contributed by atoms with Crippen LogP contribution in [0.25, 0.3) is 0 Å². The molecular weight excluding hydrogens is 251 g/mol. The third-order valence-corrected chi connectivity index (χ3v) is 5.29. The molecule has 1 aliphatic heterocycles. The predicted molar refractivity (Wildman–Crippen MR) is 73.2 cm³/mol. The van der Waals surface area contributed by atoms with E-state index in [4.69, 9.17) is 9.05 Å². The fraction of sp³-hybridized carbons (Fsp3) is 0.833. The third kappa shape index (κ3) is 3.50. The van der Waals surface area contributed by atoms with Gasteiger partial charge in [-0.2, -0.15) is 0 Å². The van der Waals surface area contributed by atoms with Crippen molar-refractivity contribution in [3.05, 3.63) is 12.4 Å². The van der Waals surface area contributed by atoms with Gasteiger partial charge < -0.3 is 18.8 Å². The van der Waals surface area contributed by atoms with E-state index in [9.17, 15) is 4.57 Å². The lowest BCUT2D eigenvalue weighted by Crippen LogP contribution is -2.38. The van der Waals surface area contributed by atoms with Gasteiger partial charge in [0.25, 0.3) is 0 Å². The molecule has 18 heavy (non-hydrogen) atoms. The van der Waals surface area contributed by atoms with Crippen LogP contribution in [0.5, 0.6) is 0 Å². The molecule has 106 valence electrons. The maximum Gasteiger partial charge on any atom is 0.373 e. The smallest absolute Gasteiger partial charge is 0.349 e. The monoisotopic (exact) mass is 276 g/mol. The largest absolute Gasteiger partial charge is 0.373 e. The summed E-state index contributed by atoms with van der Waals surface area (Å²) in [7, 11) is -1.23. The Morgan fingerprint density at radius 3 is 2.28 bits per heavy atom. The predicted octanol–water partition coefficient (Wildman–Crippen LogP) is 3.05. The summed E-state index contributed by atoms with van der Waals surface area (Å²) in [6.45, 7) is 7.47. The summed E-state index contributed by atoms with van der Waals surface area (Å²) in [5, 5.41) is 0. The first kappa shape index (κ1) is 15.5. The summed E-state index contributed by atoms with van der Waals surface area (Å²) < 4.78 is 23.7. The topological polar surface area (TPSA) is 42.0 Å². The molecule has 1 atom stereocenters. The normalized spacial score (nSPS) is 19.9. The van der Waals surface area contributed by atoms with E-state index in [1.54, 1.807) is 0 Å².